The summed E-state index contributed by atoms with van der Waals surface area (Å²) in [4.78, 5) is 3.85. The molecule has 2 nitrogen and oxygen atoms in total. The second kappa shape index (κ2) is 1.90. The molecule has 1 heterocycles. The maximum Gasteiger partial charge on any atom is 0.145 e. The van der Waals surface area contributed by atoms with Gasteiger partial charge in [0.15, 0.2) is 0 Å². The van der Waals surface area contributed by atoms with Crippen molar-refractivity contribution in [3.63, 3.8) is 0 Å². The fourth-order valence-corrected chi connectivity index (χ4v) is 0.577. The lowest BCUT2D eigenvalue weighted by atomic mass is 10.8. The Balaban J connectivity index is 2.45. The van der Waals surface area contributed by atoms with Crippen LogP contribution < -0.4 is 0 Å². The second-order valence-electron chi connectivity index (χ2n) is 1.71. The van der Waals surface area contributed by atoms with Crippen LogP contribution in [0.1, 0.15) is 0 Å². The molecule has 0 aromatic heterocycles. The van der Waals surface area contributed by atoms with Crippen LogP contribution in [-0.2, 0) is 0 Å². The average Bonchev–Trinajstić information content (AvgIpc) is 2.14. The fraction of sp³-hybridized carbons (Fsp3) is 0.167. The van der Waals surface area contributed by atoms with E-state index < -0.39 is 0 Å². The van der Waals surface area contributed by atoms with E-state index in [0.29, 0.717) is 0 Å². The van der Waals surface area contributed by atoms with Gasteiger partial charge in [-0.3, -0.25) is 0 Å². The van der Waals surface area contributed by atoms with E-state index in [9.17, 15) is 0 Å². The monoisotopic (exact) mass is 109 g/mol. The van der Waals surface area contributed by atoms with Crippen molar-refractivity contribution in [3.05, 3.63) is 31.8 Å². The summed E-state index contributed by atoms with van der Waals surface area (Å²) in [7, 11) is 1.97. The van der Waals surface area contributed by atoms with Crippen molar-refractivity contribution < 1.29 is 0 Å². The van der Waals surface area contributed by atoms with E-state index in [1.807, 2.05) is 35.9 Å². The standard InChI is InChI=1S/C6H9N2/c1-3-8-5-4-7(2)6-8/h3-6H,1H2,2H3. The van der Waals surface area contributed by atoms with Crippen molar-refractivity contribution in [2.75, 3.05) is 7.05 Å². The quantitative estimate of drug-likeness (QED) is 0.495. The molecule has 0 spiro atoms. The Bertz CT molecular complexity index is 118. The SMILES string of the molecule is C=CN1[CH]N(C)C=C1. The normalized spacial score (nSPS) is 17.6. The maximum absolute atomic E-state index is 3.59. The van der Waals surface area contributed by atoms with Crippen LogP contribution in [0.3, 0.4) is 0 Å². The van der Waals surface area contributed by atoms with Gasteiger partial charge < -0.3 is 9.80 Å². The van der Waals surface area contributed by atoms with Gasteiger partial charge in [0.05, 0.1) is 0 Å². The number of nitrogens with zero attached hydrogens (tertiary/aromatic N) is 2. The zero-order valence-electron chi connectivity index (χ0n) is 4.91. The molecule has 43 valence electrons. The smallest absolute Gasteiger partial charge is 0.145 e. The first kappa shape index (κ1) is 5.22. The highest BCUT2D eigenvalue weighted by Crippen LogP contribution is 2.06. The van der Waals surface area contributed by atoms with E-state index >= 15 is 0 Å². The van der Waals surface area contributed by atoms with E-state index in [1.54, 1.807) is 6.20 Å². The summed E-state index contributed by atoms with van der Waals surface area (Å²) in [6.07, 6.45) is 5.65. The third-order valence-corrected chi connectivity index (χ3v) is 1.00. The van der Waals surface area contributed by atoms with Crippen molar-refractivity contribution in [2.24, 2.45) is 0 Å². The van der Waals surface area contributed by atoms with Crippen molar-refractivity contribution >= 4 is 0 Å². The predicted molar refractivity (Wildman–Crippen MR) is 33.2 cm³/mol. The number of hydrogen-bond donors (Lipinski definition) is 0. The van der Waals surface area contributed by atoms with E-state index in [-0.39, 0.29) is 0 Å². The molecule has 0 N–H and O–H groups in total. The zero-order valence-corrected chi connectivity index (χ0v) is 4.91. The van der Waals surface area contributed by atoms with E-state index in [1.165, 1.54) is 0 Å². The summed E-state index contributed by atoms with van der Waals surface area (Å²) in [5.74, 6) is 0. The first-order valence-electron chi connectivity index (χ1n) is 2.48. The Morgan fingerprint density at radius 1 is 1.50 bits per heavy atom. The molecule has 2 heteroatoms. The van der Waals surface area contributed by atoms with Gasteiger partial charge in [-0.15, -0.1) is 0 Å². The van der Waals surface area contributed by atoms with Gasteiger partial charge in [-0.2, -0.15) is 0 Å². The van der Waals surface area contributed by atoms with Crippen LogP contribution in [0.15, 0.2) is 25.2 Å². The summed E-state index contributed by atoms with van der Waals surface area (Å²) < 4.78 is 0. The van der Waals surface area contributed by atoms with Crippen molar-refractivity contribution in [1.29, 1.82) is 0 Å². The van der Waals surface area contributed by atoms with Crippen molar-refractivity contribution in [3.8, 4) is 0 Å². The molecule has 0 unspecified atom stereocenters. The topological polar surface area (TPSA) is 6.48 Å². The summed E-state index contributed by atoms with van der Waals surface area (Å²) in [5, 5.41) is 0. The van der Waals surface area contributed by atoms with Crippen LogP contribution in [-0.4, -0.2) is 16.8 Å². The predicted octanol–water partition coefficient (Wildman–Crippen LogP) is 0.968. The molecule has 0 atom stereocenters. The zero-order chi connectivity index (χ0) is 5.98. The van der Waals surface area contributed by atoms with Crippen LogP contribution >= 0.6 is 0 Å². The Morgan fingerprint density at radius 3 is 2.50 bits per heavy atom. The van der Waals surface area contributed by atoms with Crippen LogP contribution in [0.25, 0.3) is 0 Å². The van der Waals surface area contributed by atoms with Gasteiger partial charge in [0, 0.05) is 19.4 Å². The number of hydrogen-bond acceptors (Lipinski definition) is 2. The lowest BCUT2D eigenvalue weighted by Crippen LogP contribution is -2.09. The van der Waals surface area contributed by atoms with Crippen LogP contribution in [0.5, 0.6) is 0 Å². The first-order valence-corrected chi connectivity index (χ1v) is 2.48. The van der Waals surface area contributed by atoms with E-state index in [4.69, 9.17) is 0 Å². The highest BCUT2D eigenvalue weighted by Gasteiger charge is 2.03. The molecule has 1 aliphatic rings. The Labute approximate surface area is 49.7 Å². The highest BCUT2D eigenvalue weighted by molar-refractivity contribution is 4.99. The summed E-state index contributed by atoms with van der Waals surface area (Å²) >= 11 is 0. The molecule has 0 aliphatic carbocycles. The molecule has 1 rings (SSSR count). The highest BCUT2D eigenvalue weighted by atomic mass is 15.3. The van der Waals surface area contributed by atoms with Gasteiger partial charge in [0.2, 0.25) is 0 Å². The summed E-state index contributed by atoms with van der Waals surface area (Å²) in [6, 6.07) is 0. The van der Waals surface area contributed by atoms with Gasteiger partial charge >= 0.3 is 0 Å². The van der Waals surface area contributed by atoms with Gasteiger partial charge in [-0.1, -0.05) is 6.58 Å². The van der Waals surface area contributed by atoms with E-state index in [2.05, 4.69) is 6.58 Å². The Kier molecular flexibility index (Phi) is 1.24. The second-order valence-corrected chi connectivity index (χ2v) is 1.71. The molecule has 0 aromatic rings. The molecule has 0 fully saturated rings. The molecule has 8 heavy (non-hydrogen) atoms. The van der Waals surface area contributed by atoms with E-state index in [0.717, 1.165) is 0 Å². The van der Waals surface area contributed by atoms with Crippen molar-refractivity contribution in [1.82, 2.24) is 9.80 Å². The third-order valence-electron chi connectivity index (χ3n) is 1.00. The average molecular weight is 109 g/mol. The summed E-state index contributed by atoms with van der Waals surface area (Å²) in [6.45, 7) is 5.53. The molecule has 0 bridgehead atoms. The van der Waals surface area contributed by atoms with Crippen LogP contribution in [0.2, 0.25) is 0 Å². The Morgan fingerprint density at radius 2 is 2.25 bits per heavy atom. The minimum absolute atomic E-state index is 1.75. The minimum Gasteiger partial charge on any atom is -0.356 e. The molecule has 0 saturated carbocycles. The largest absolute Gasteiger partial charge is 0.356 e. The maximum atomic E-state index is 3.59. The van der Waals surface area contributed by atoms with Gasteiger partial charge in [-0.25, -0.2) is 0 Å². The fourth-order valence-electron chi connectivity index (χ4n) is 0.577. The third kappa shape index (κ3) is 0.832. The summed E-state index contributed by atoms with van der Waals surface area (Å²) in [5.41, 5.74) is 0. The first-order chi connectivity index (χ1) is 3.83. The Hall–Kier alpha value is -0.920. The lowest BCUT2D eigenvalue weighted by molar-refractivity contribution is 0.461. The molecule has 1 aliphatic heterocycles. The number of rotatable bonds is 1. The molecular formula is C6H9N2. The van der Waals surface area contributed by atoms with Gasteiger partial charge in [-0.05, 0) is 6.20 Å². The molecule has 0 saturated heterocycles. The van der Waals surface area contributed by atoms with Gasteiger partial charge in [0.25, 0.3) is 0 Å². The lowest BCUT2D eigenvalue weighted by Gasteiger charge is -2.10. The van der Waals surface area contributed by atoms with Crippen LogP contribution in [0.4, 0.5) is 0 Å². The minimum atomic E-state index is 1.75. The molecule has 1 radical (unpaired) electrons. The van der Waals surface area contributed by atoms with Crippen LogP contribution in [0, 0.1) is 6.67 Å². The molecule has 0 aromatic carbocycles. The molecular weight excluding hydrogens is 100 g/mol. The molecule has 0 amide bonds. The van der Waals surface area contributed by atoms with Gasteiger partial charge in [0.1, 0.15) is 6.67 Å². The van der Waals surface area contributed by atoms with Crippen molar-refractivity contribution in [2.45, 2.75) is 0 Å².